The maximum atomic E-state index is 11.0. The molecule has 4 heteroatoms. The monoisotopic (exact) mass is 255 g/mol. The molecule has 0 spiro atoms. The highest BCUT2D eigenvalue weighted by atomic mass is 35.5. The molecule has 1 aromatic rings. The lowest BCUT2D eigenvalue weighted by Gasteiger charge is -2.19. The molecule has 0 radical (unpaired) electrons. The van der Waals surface area contributed by atoms with E-state index >= 15 is 0 Å². The lowest BCUT2D eigenvalue weighted by atomic mass is 10.0. The Balaban J connectivity index is 3.31. The molecule has 0 amide bonds. The second kappa shape index (κ2) is 5.41. The molecule has 0 unspecified atom stereocenters. The molecule has 0 aliphatic rings. The third-order valence-corrected chi connectivity index (χ3v) is 3.45. The lowest BCUT2D eigenvalue weighted by molar-refractivity contribution is -0.115. The Labute approximate surface area is 107 Å². The van der Waals surface area contributed by atoms with Crippen molar-refractivity contribution in [2.45, 2.75) is 27.7 Å². The van der Waals surface area contributed by atoms with E-state index in [1.54, 1.807) is 7.11 Å². The summed E-state index contributed by atoms with van der Waals surface area (Å²) in [4.78, 5) is 11.0. The van der Waals surface area contributed by atoms with Crippen LogP contribution in [0.4, 0.5) is 5.69 Å². The molecular weight excluding hydrogens is 238 g/mol. The van der Waals surface area contributed by atoms with Gasteiger partial charge in [-0.05, 0) is 44.4 Å². The molecule has 0 aliphatic heterocycles. The van der Waals surface area contributed by atoms with Crippen LogP contribution in [0.3, 0.4) is 0 Å². The summed E-state index contributed by atoms with van der Waals surface area (Å²) < 4.78 is 5.39. The zero-order valence-electron chi connectivity index (χ0n) is 10.9. The normalized spacial score (nSPS) is 10.2. The number of hydrogen-bond donors (Lipinski definition) is 1. The average molecular weight is 256 g/mol. The van der Waals surface area contributed by atoms with E-state index in [0.717, 1.165) is 28.1 Å². The first-order chi connectivity index (χ1) is 7.90. The highest BCUT2D eigenvalue weighted by Crippen LogP contribution is 2.39. The summed E-state index contributed by atoms with van der Waals surface area (Å²) in [6, 6.07) is 0. The number of ketones is 1. The van der Waals surface area contributed by atoms with Gasteiger partial charge in [0.1, 0.15) is 11.5 Å². The highest BCUT2D eigenvalue weighted by Gasteiger charge is 2.16. The third kappa shape index (κ3) is 2.72. The van der Waals surface area contributed by atoms with Gasteiger partial charge in [-0.2, -0.15) is 0 Å². The highest BCUT2D eigenvalue weighted by molar-refractivity contribution is 6.32. The number of anilines is 1. The Morgan fingerprint density at radius 1 is 1.24 bits per heavy atom. The second-order valence-electron chi connectivity index (χ2n) is 4.15. The minimum Gasteiger partial charge on any atom is -0.494 e. The molecule has 1 rings (SSSR count). The summed E-state index contributed by atoms with van der Waals surface area (Å²) in [6.07, 6.45) is 0. The zero-order valence-corrected chi connectivity index (χ0v) is 11.7. The minimum absolute atomic E-state index is 0.0702. The van der Waals surface area contributed by atoms with Crippen LogP contribution in [0.5, 0.6) is 5.75 Å². The number of ether oxygens (including phenoxy) is 1. The van der Waals surface area contributed by atoms with Gasteiger partial charge in [0.05, 0.1) is 19.3 Å². The van der Waals surface area contributed by atoms with Crippen LogP contribution >= 0.6 is 11.6 Å². The van der Waals surface area contributed by atoms with Gasteiger partial charge in [-0.15, -0.1) is 0 Å². The van der Waals surface area contributed by atoms with E-state index in [-0.39, 0.29) is 12.3 Å². The Bertz CT molecular complexity index is 455. The number of benzene rings is 1. The smallest absolute Gasteiger partial charge is 0.148 e. The van der Waals surface area contributed by atoms with Crippen molar-refractivity contribution < 1.29 is 9.53 Å². The number of rotatable bonds is 4. The summed E-state index contributed by atoms with van der Waals surface area (Å²) >= 11 is 6.25. The fourth-order valence-electron chi connectivity index (χ4n) is 1.76. The molecule has 1 N–H and O–H groups in total. The Morgan fingerprint density at radius 2 is 1.82 bits per heavy atom. The van der Waals surface area contributed by atoms with Gasteiger partial charge < -0.3 is 10.1 Å². The van der Waals surface area contributed by atoms with Gasteiger partial charge in [-0.3, -0.25) is 4.79 Å². The van der Waals surface area contributed by atoms with Crippen LogP contribution in [0.2, 0.25) is 5.02 Å². The van der Waals surface area contributed by atoms with Crippen molar-refractivity contribution in [1.29, 1.82) is 0 Å². The van der Waals surface area contributed by atoms with Crippen molar-refractivity contribution in [3.05, 3.63) is 21.7 Å². The molecule has 94 valence electrons. The molecule has 3 nitrogen and oxygen atoms in total. The predicted octanol–water partition coefficient (Wildman–Crippen LogP) is 3.27. The number of methoxy groups -OCH3 is 1. The fraction of sp³-hybridized carbons (Fsp3) is 0.462. The van der Waals surface area contributed by atoms with Gasteiger partial charge >= 0.3 is 0 Å². The minimum atomic E-state index is 0.0702. The summed E-state index contributed by atoms with van der Waals surface area (Å²) in [5.74, 6) is 0.825. The maximum Gasteiger partial charge on any atom is 0.148 e. The number of carbonyl (C=O) groups is 1. The largest absolute Gasteiger partial charge is 0.494 e. The summed E-state index contributed by atoms with van der Waals surface area (Å²) in [5, 5.41) is 3.80. The molecule has 0 heterocycles. The third-order valence-electron chi connectivity index (χ3n) is 2.88. The van der Waals surface area contributed by atoms with Crippen molar-refractivity contribution in [2.75, 3.05) is 19.0 Å². The van der Waals surface area contributed by atoms with Crippen LogP contribution in [0, 0.1) is 20.8 Å². The van der Waals surface area contributed by atoms with Gasteiger partial charge in [0.25, 0.3) is 0 Å². The average Bonchev–Trinajstić information content (AvgIpc) is 2.29. The van der Waals surface area contributed by atoms with Gasteiger partial charge in [0, 0.05) is 5.02 Å². The number of nitrogens with one attached hydrogen (secondary N) is 1. The summed E-state index contributed by atoms with van der Waals surface area (Å²) in [5.41, 5.74) is 3.72. The quantitative estimate of drug-likeness (QED) is 0.897. The number of hydrogen-bond acceptors (Lipinski definition) is 3. The molecule has 1 aromatic carbocycles. The Kier molecular flexibility index (Phi) is 4.40. The molecule has 0 fully saturated rings. The van der Waals surface area contributed by atoms with Crippen LogP contribution in [0.1, 0.15) is 23.6 Å². The Morgan fingerprint density at radius 3 is 2.29 bits per heavy atom. The van der Waals surface area contributed by atoms with Crippen molar-refractivity contribution >= 4 is 23.1 Å². The van der Waals surface area contributed by atoms with Gasteiger partial charge in [-0.25, -0.2) is 0 Å². The summed E-state index contributed by atoms with van der Waals surface area (Å²) in [7, 11) is 1.62. The van der Waals surface area contributed by atoms with E-state index in [0.29, 0.717) is 5.02 Å². The van der Waals surface area contributed by atoms with E-state index in [1.165, 1.54) is 6.92 Å². The number of Topliss-reactive ketones (excluding diaryl/α,β-unsaturated/α-hetero) is 1. The second-order valence-corrected chi connectivity index (χ2v) is 4.53. The standard InChI is InChI=1S/C13H18ClNO2/c1-7(16)6-15-12-10(4)11(14)8(2)9(3)13(12)17-5/h15H,6H2,1-5H3. The predicted molar refractivity (Wildman–Crippen MR) is 71.4 cm³/mol. The lowest BCUT2D eigenvalue weighted by Crippen LogP contribution is -2.12. The van der Waals surface area contributed by atoms with Crippen LogP contribution in [-0.2, 0) is 4.79 Å². The van der Waals surface area contributed by atoms with E-state index < -0.39 is 0 Å². The first kappa shape index (κ1) is 13.8. The van der Waals surface area contributed by atoms with E-state index in [9.17, 15) is 4.79 Å². The Hall–Kier alpha value is -1.22. The van der Waals surface area contributed by atoms with Gasteiger partial charge in [0.2, 0.25) is 0 Å². The fourth-order valence-corrected chi connectivity index (χ4v) is 2.00. The summed E-state index contributed by atoms with van der Waals surface area (Å²) in [6.45, 7) is 7.65. The van der Waals surface area contributed by atoms with E-state index in [2.05, 4.69) is 5.32 Å². The van der Waals surface area contributed by atoms with Crippen LogP contribution in [-0.4, -0.2) is 19.4 Å². The molecule has 0 saturated carbocycles. The zero-order chi connectivity index (χ0) is 13.2. The number of halogens is 1. The van der Waals surface area contributed by atoms with Gasteiger partial charge in [-0.1, -0.05) is 11.6 Å². The van der Waals surface area contributed by atoms with E-state index in [1.807, 2.05) is 20.8 Å². The molecule has 0 aromatic heterocycles. The molecule has 0 bridgehead atoms. The molecular formula is C13H18ClNO2. The van der Waals surface area contributed by atoms with Crippen molar-refractivity contribution in [3.8, 4) is 5.75 Å². The van der Waals surface area contributed by atoms with Crippen molar-refractivity contribution in [2.24, 2.45) is 0 Å². The first-order valence-corrected chi connectivity index (χ1v) is 5.84. The van der Waals surface area contributed by atoms with Crippen LogP contribution in [0.25, 0.3) is 0 Å². The van der Waals surface area contributed by atoms with Crippen molar-refractivity contribution in [3.63, 3.8) is 0 Å². The SMILES string of the molecule is COc1c(C)c(C)c(Cl)c(C)c1NCC(C)=O. The molecule has 0 atom stereocenters. The maximum absolute atomic E-state index is 11.0. The molecule has 17 heavy (non-hydrogen) atoms. The topological polar surface area (TPSA) is 38.3 Å². The van der Waals surface area contributed by atoms with E-state index in [4.69, 9.17) is 16.3 Å². The van der Waals surface area contributed by atoms with Gasteiger partial charge in [0.15, 0.2) is 0 Å². The van der Waals surface area contributed by atoms with Crippen molar-refractivity contribution in [1.82, 2.24) is 0 Å². The van der Waals surface area contributed by atoms with Crippen LogP contribution < -0.4 is 10.1 Å². The van der Waals surface area contributed by atoms with Crippen LogP contribution in [0.15, 0.2) is 0 Å². The number of carbonyl (C=O) groups excluding carboxylic acids is 1. The molecule has 0 aliphatic carbocycles. The molecule has 0 saturated heterocycles. The first-order valence-electron chi connectivity index (χ1n) is 5.46.